The minimum Gasteiger partial charge on any atom is -0.495 e. The lowest BCUT2D eigenvalue weighted by Gasteiger charge is -2.18. The first-order valence-electron chi connectivity index (χ1n) is 10.5. The van der Waals surface area contributed by atoms with E-state index in [4.69, 9.17) is 9.57 Å². The molecule has 11 nitrogen and oxygen atoms in total. The van der Waals surface area contributed by atoms with Crippen molar-refractivity contribution in [1.82, 2.24) is 30.0 Å². The van der Waals surface area contributed by atoms with Crippen LogP contribution in [-0.2, 0) is 4.84 Å². The van der Waals surface area contributed by atoms with Crippen LogP contribution in [0.1, 0.15) is 12.0 Å². The van der Waals surface area contributed by atoms with Crippen LogP contribution >= 0.6 is 0 Å². The smallest absolute Gasteiger partial charge is 0.345 e. The molecule has 1 fully saturated rings. The molecule has 1 aromatic carbocycles. The van der Waals surface area contributed by atoms with Crippen molar-refractivity contribution in [1.29, 1.82) is 0 Å². The number of aromatic amines is 1. The summed E-state index contributed by atoms with van der Waals surface area (Å²) in [5.74, 6) is 0.417. The van der Waals surface area contributed by atoms with E-state index >= 15 is 0 Å². The van der Waals surface area contributed by atoms with Gasteiger partial charge in [-0.25, -0.2) is 34.2 Å². The highest BCUT2D eigenvalue weighted by Crippen LogP contribution is 2.35. The maximum atomic E-state index is 14.6. The normalized spacial score (nSPS) is 13.3. The zero-order valence-corrected chi connectivity index (χ0v) is 18.4. The van der Waals surface area contributed by atoms with Crippen molar-refractivity contribution in [3.8, 4) is 17.0 Å². The van der Waals surface area contributed by atoms with Gasteiger partial charge in [-0.1, -0.05) is 0 Å². The summed E-state index contributed by atoms with van der Waals surface area (Å²) in [4.78, 5) is 37.9. The quantitative estimate of drug-likeness (QED) is 0.407. The van der Waals surface area contributed by atoms with Crippen LogP contribution in [0.2, 0.25) is 0 Å². The van der Waals surface area contributed by atoms with Crippen molar-refractivity contribution in [2.45, 2.75) is 13.3 Å². The molecular weight excluding hydrogens is 443 g/mol. The summed E-state index contributed by atoms with van der Waals surface area (Å²) in [6.07, 6.45) is 5.24. The third-order valence-electron chi connectivity index (χ3n) is 5.36. The largest absolute Gasteiger partial charge is 0.495 e. The van der Waals surface area contributed by atoms with E-state index in [1.165, 1.54) is 29.9 Å². The molecule has 5 rings (SSSR count). The number of nitrogens with zero attached hydrogens (tertiary/aromatic N) is 5. The summed E-state index contributed by atoms with van der Waals surface area (Å²) < 4.78 is 20.0. The number of rotatable bonds is 5. The number of nitrogens with one attached hydrogen (secondary N) is 3. The summed E-state index contributed by atoms with van der Waals surface area (Å²) in [5, 5.41) is 6.98. The van der Waals surface area contributed by atoms with E-state index in [0.29, 0.717) is 58.4 Å². The van der Waals surface area contributed by atoms with Gasteiger partial charge in [0, 0.05) is 11.3 Å². The molecule has 4 aromatic rings. The van der Waals surface area contributed by atoms with E-state index in [1.54, 1.807) is 26.3 Å². The summed E-state index contributed by atoms with van der Waals surface area (Å²) in [5.41, 5.74) is 3.51. The molecule has 1 saturated heterocycles. The Balaban J connectivity index is 1.52. The van der Waals surface area contributed by atoms with Crippen LogP contribution in [0.15, 0.2) is 37.1 Å². The number of H-pyrrole nitrogens is 1. The number of methoxy groups -OCH3 is 1. The molecule has 1 aliphatic rings. The minimum absolute atomic E-state index is 0.0154. The van der Waals surface area contributed by atoms with Crippen molar-refractivity contribution < 1.29 is 18.8 Å². The predicted molar refractivity (Wildman–Crippen MR) is 122 cm³/mol. The number of aryl methyl sites for hydroxylation is 1. The molecule has 0 radical (unpaired) electrons. The maximum Gasteiger partial charge on any atom is 0.345 e. The Kier molecular flexibility index (Phi) is 5.64. The zero-order chi connectivity index (χ0) is 23.7. The Morgan fingerprint density at radius 2 is 2.09 bits per heavy atom. The van der Waals surface area contributed by atoms with Crippen LogP contribution in [0.3, 0.4) is 0 Å². The third-order valence-corrected chi connectivity index (χ3v) is 5.36. The van der Waals surface area contributed by atoms with Gasteiger partial charge < -0.3 is 20.4 Å². The average molecular weight is 464 g/mol. The molecule has 2 amide bonds. The van der Waals surface area contributed by atoms with E-state index in [2.05, 4.69) is 35.6 Å². The number of aromatic nitrogens is 5. The van der Waals surface area contributed by atoms with Gasteiger partial charge in [0.05, 0.1) is 38.5 Å². The Labute approximate surface area is 193 Å². The van der Waals surface area contributed by atoms with Crippen molar-refractivity contribution in [3.63, 3.8) is 0 Å². The van der Waals surface area contributed by atoms with E-state index < -0.39 is 11.8 Å². The third kappa shape index (κ3) is 4.06. The summed E-state index contributed by atoms with van der Waals surface area (Å²) >= 11 is 0. The molecule has 3 aromatic heterocycles. The maximum absolute atomic E-state index is 14.6. The highest BCUT2D eigenvalue weighted by atomic mass is 19.1. The topological polar surface area (TPSA) is 130 Å². The first-order chi connectivity index (χ1) is 16.5. The van der Waals surface area contributed by atoms with Crippen LogP contribution in [0, 0.1) is 12.7 Å². The number of pyridine rings is 1. The second-order valence-corrected chi connectivity index (χ2v) is 7.59. The fourth-order valence-electron chi connectivity index (χ4n) is 3.62. The van der Waals surface area contributed by atoms with Gasteiger partial charge in [0.1, 0.15) is 34.9 Å². The van der Waals surface area contributed by atoms with E-state index in [1.807, 2.05) is 0 Å². The number of amides is 2. The standard InChI is InChI=1S/C22H21FN8O3/c1-12-6-15(23)17(30-22(32)31-4-3-5-34-31)8-16(12)29-20-14(7-13(33-2)9-24-20)18-19-21(27-10-25-18)28-11-26-19/h6-11H,3-5H2,1-2H3,(H,24,29)(H,30,32)(H,25,26,27,28). The van der Waals surface area contributed by atoms with Crippen LogP contribution in [-0.4, -0.2) is 56.3 Å². The minimum atomic E-state index is -0.562. The van der Waals surface area contributed by atoms with E-state index in [0.717, 1.165) is 6.42 Å². The van der Waals surface area contributed by atoms with Gasteiger partial charge in [-0.2, -0.15) is 0 Å². The number of anilines is 3. The Morgan fingerprint density at radius 1 is 1.21 bits per heavy atom. The zero-order valence-electron chi connectivity index (χ0n) is 18.4. The molecule has 0 unspecified atom stereocenters. The SMILES string of the molecule is COc1cnc(Nc2cc(NC(=O)N3CCCO3)c(F)cc2C)c(-c2ncnc3nc[nH]c23)c1. The predicted octanol–water partition coefficient (Wildman–Crippen LogP) is 3.78. The number of urea groups is 1. The molecule has 1 aliphatic heterocycles. The number of hydroxylamine groups is 2. The summed E-state index contributed by atoms with van der Waals surface area (Å²) in [6.45, 7) is 2.65. The van der Waals surface area contributed by atoms with Crippen LogP contribution in [0.4, 0.5) is 26.4 Å². The van der Waals surface area contributed by atoms with Gasteiger partial charge >= 0.3 is 6.03 Å². The molecule has 174 valence electrons. The number of hydrogen-bond donors (Lipinski definition) is 3. The Bertz CT molecular complexity index is 1370. The number of fused-ring (bicyclic) bond motifs is 1. The molecule has 0 spiro atoms. The summed E-state index contributed by atoms with van der Waals surface area (Å²) in [7, 11) is 1.54. The van der Waals surface area contributed by atoms with Crippen molar-refractivity contribution in [3.05, 3.63) is 48.4 Å². The highest BCUT2D eigenvalue weighted by Gasteiger charge is 2.21. The molecule has 0 atom stereocenters. The van der Waals surface area contributed by atoms with E-state index in [-0.39, 0.29) is 5.69 Å². The number of carbonyl (C=O) groups is 1. The average Bonchev–Trinajstić information content (AvgIpc) is 3.54. The van der Waals surface area contributed by atoms with Crippen LogP contribution in [0.25, 0.3) is 22.4 Å². The van der Waals surface area contributed by atoms with Crippen molar-refractivity contribution >= 4 is 34.4 Å². The summed E-state index contributed by atoms with van der Waals surface area (Å²) in [6, 6.07) is 4.10. The monoisotopic (exact) mass is 464 g/mol. The van der Waals surface area contributed by atoms with Crippen molar-refractivity contribution in [2.24, 2.45) is 0 Å². The number of carbonyl (C=O) groups excluding carboxylic acids is 1. The lowest BCUT2D eigenvalue weighted by molar-refractivity contribution is -0.0614. The molecule has 3 N–H and O–H groups in total. The highest BCUT2D eigenvalue weighted by molar-refractivity contribution is 5.93. The fourth-order valence-corrected chi connectivity index (χ4v) is 3.62. The van der Waals surface area contributed by atoms with Crippen molar-refractivity contribution in [2.75, 3.05) is 30.9 Å². The number of benzene rings is 1. The molecule has 0 bridgehead atoms. The van der Waals surface area contributed by atoms with Gasteiger partial charge in [-0.3, -0.25) is 4.84 Å². The molecule has 0 saturated carbocycles. The molecule has 34 heavy (non-hydrogen) atoms. The Morgan fingerprint density at radius 3 is 2.88 bits per heavy atom. The molecule has 0 aliphatic carbocycles. The number of imidazole rings is 1. The lowest BCUT2D eigenvalue weighted by atomic mass is 10.1. The molecule has 4 heterocycles. The van der Waals surface area contributed by atoms with E-state index in [9.17, 15) is 9.18 Å². The van der Waals surface area contributed by atoms with Gasteiger partial charge in [0.15, 0.2) is 5.65 Å². The number of hydrogen-bond acceptors (Lipinski definition) is 8. The van der Waals surface area contributed by atoms with Gasteiger partial charge in [0.25, 0.3) is 0 Å². The van der Waals surface area contributed by atoms with Crippen LogP contribution in [0.5, 0.6) is 5.75 Å². The molecular formula is C22H21FN8O3. The number of halogens is 1. The van der Waals surface area contributed by atoms with Gasteiger partial charge in [-0.15, -0.1) is 0 Å². The first kappa shape index (κ1) is 21.5. The van der Waals surface area contributed by atoms with Gasteiger partial charge in [0.2, 0.25) is 0 Å². The molecule has 12 heteroatoms. The lowest BCUT2D eigenvalue weighted by Crippen LogP contribution is -2.31. The second-order valence-electron chi connectivity index (χ2n) is 7.59. The second kappa shape index (κ2) is 8.90. The van der Waals surface area contributed by atoms with Gasteiger partial charge in [-0.05, 0) is 37.1 Å². The fraction of sp³-hybridized carbons (Fsp3) is 0.227. The first-order valence-corrected chi connectivity index (χ1v) is 10.5. The Hall–Kier alpha value is -4.32. The van der Waals surface area contributed by atoms with Crippen LogP contribution < -0.4 is 15.4 Å². The number of ether oxygens (including phenoxy) is 1.